The zero-order chi connectivity index (χ0) is 21.6. The summed E-state index contributed by atoms with van der Waals surface area (Å²) in [4.78, 5) is 36.2. The number of alkyl carbamates (subject to hydrolysis) is 1. The van der Waals surface area contributed by atoms with Gasteiger partial charge in [-0.1, -0.05) is 0 Å². The van der Waals surface area contributed by atoms with Crippen molar-refractivity contribution >= 4 is 32.9 Å². The standard InChI is InChI=1S/C22H26N2O5Se/c1-2-28-20(25)13-23-21(26)19(16-30-15-18-11-7-4-8-12-18)24-22(27)29-14-17-9-5-3-6-10-17/h3-12,19H,2,13-16H2,1H3,(H,23,26)(H,24,27)/t19-/m0/s1. The van der Waals surface area contributed by atoms with E-state index in [1.807, 2.05) is 60.7 Å². The van der Waals surface area contributed by atoms with Crippen molar-refractivity contribution in [3.05, 3.63) is 71.8 Å². The molecule has 7 nitrogen and oxygen atoms in total. The van der Waals surface area contributed by atoms with Crippen molar-refractivity contribution in [2.24, 2.45) is 0 Å². The molecule has 0 aliphatic carbocycles. The van der Waals surface area contributed by atoms with Crippen molar-refractivity contribution in [3.63, 3.8) is 0 Å². The van der Waals surface area contributed by atoms with E-state index >= 15 is 0 Å². The number of carbonyl (C=O) groups is 3. The van der Waals surface area contributed by atoms with E-state index in [9.17, 15) is 14.4 Å². The van der Waals surface area contributed by atoms with Gasteiger partial charge in [0, 0.05) is 0 Å². The second-order valence-electron chi connectivity index (χ2n) is 6.28. The van der Waals surface area contributed by atoms with Crippen LogP contribution in [0.5, 0.6) is 0 Å². The molecule has 2 amide bonds. The fourth-order valence-electron chi connectivity index (χ4n) is 2.45. The van der Waals surface area contributed by atoms with Gasteiger partial charge in [-0.3, -0.25) is 0 Å². The molecule has 0 bridgehead atoms. The van der Waals surface area contributed by atoms with Crippen LogP contribution in [0.3, 0.4) is 0 Å². The van der Waals surface area contributed by atoms with Crippen LogP contribution in [0, 0.1) is 0 Å². The molecule has 1 atom stereocenters. The Kier molecular flexibility index (Phi) is 10.5. The third-order valence-corrected chi connectivity index (χ3v) is 6.25. The molecule has 0 saturated carbocycles. The molecule has 0 aromatic heterocycles. The predicted octanol–water partition coefficient (Wildman–Crippen LogP) is 2.28. The van der Waals surface area contributed by atoms with Crippen molar-refractivity contribution in [2.75, 3.05) is 13.2 Å². The molecule has 2 aromatic rings. The zero-order valence-electron chi connectivity index (χ0n) is 16.8. The zero-order valence-corrected chi connectivity index (χ0v) is 18.5. The summed E-state index contributed by atoms with van der Waals surface area (Å²) in [7, 11) is 0. The number of carbonyl (C=O) groups excluding carboxylic acids is 3. The number of ether oxygens (including phenoxy) is 2. The summed E-state index contributed by atoms with van der Waals surface area (Å²) >= 11 is 0.0694. The van der Waals surface area contributed by atoms with Gasteiger partial charge in [-0.25, -0.2) is 0 Å². The number of amides is 2. The van der Waals surface area contributed by atoms with Crippen LogP contribution in [-0.2, 0) is 31.0 Å². The van der Waals surface area contributed by atoms with Crippen molar-refractivity contribution in [1.82, 2.24) is 10.6 Å². The van der Waals surface area contributed by atoms with Crippen LogP contribution in [0.2, 0.25) is 5.32 Å². The first-order chi connectivity index (χ1) is 14.6. The Hall–Kier alpha value is -2.83. The topological polar surface area (TPSA) is 93.7 Å². The summed E-state index contributed by atoms with van der Waals surface area (Å²) in [6, 6.07) is 18.4. The van der Waals surface area contributed by atoms with Gasteiger partial charge in [0.25, 0.3) is 0 Å². The average molecular weight is 477 g/mol. The molecule has 0 radical (unpaired) electrons. The average Bonchev–Trinajstić information content (AvgIpc) is 2.77. The molecule has 0 saturated heterocycles. The molecule has 0 unspecified atom stereocenters. The van der Waals surface area contributed by atoms with Gasteiger partial charge in [-0.15, -0.1) is 0 Å². The quantitative estimate of drug-likeness (QED) is 0.383. The molecule has 2 N–H and O–H groups in total. The van der Waals surface area contributed by atoms with E-state index in [1.165, 1.54) is 5.56 Å². The van der Waals surface area contributed by atoms with Crippen molar-refractivity contribution < 1.29 is 23.9 Å². The van der Waals surface area contributed by atoms with E-state index in [4.69, 9.17) is 9.47 Å². The van der Waals surface area contributed by atoms with Gasteiger partial charge in [0.15, 0.2) is 0 Å². The van der Waals surface area contributed by atoms with Crippen LogP contribution < -0.4 is 10.6 Å². The monoisotopic (exact) mass is 478 g/mol. The number of rotatable bonds is 11. The maximum atomic E-state index is 12.5. The molecule has 0 fully saturated rings. The van der Waals surface area contributed by atoms with Gasteiger partial charge in [0.2, 0.25) is 0 Å². The van der Waals surface area contributed by atoms with E-state index in [0.717, 1.165) is 10.9 Å². The normalized spacial score (nSPS) is 11.2. The van der Waals surface area contributed by atoms with Crippen molar-refractivity contribution in [2.45, 2.75) is 30.2 Å². The van der Waals surface area contributed by atoms with Gasteiger partial charge < -0.3 is 0 Å². The molecule has 0 aliphatic rings. The first kappa shape index (κ1) is 23.4. The molecule has 2 aromatic carbocycles. The van der Waals surface area contributed by atoms with Gasteiger partial charge in [0.05, 0.1) is 0 Å². The molecule has 8 heteroatoms. The number of nitrogens with one attached hydrogen (secondary N) is 2. The Morgan fingerprint density at radius 1 is 0.933 bits per heavy atom. The fraction of sp³-hybridized carbons (Fsp3) is 0.318. The summed E-state index contributed by atoms with van der Waals surface area (Å²) in [6.07, 6.45) is -0.675. The molecular formula is C22H26N2O5Se. The third-order valence-electron chi connectivity index (χ3n) is 3.93. The van der Waals surface area contributed by atoms with Crippen LogP contribution in [0.25, 0.3) is 0 Å². The van der Waals surface area contributed by atoms with Gasteiger partial charge in [-0.2, -0.15) is 0 Å². The Labute approximate surface area is 182 Å². The SMILES string of the molecule is CCOC(=O)CNC(=O)[C@H](C[Se]Cc1ccccc1)NC(=O)OCc1ccccc1. The molecule has 160 valence electrons. The minimum atomic E-state index is -0.786. The number of hydrogen-bond donors (Lipinski definition) is 2. The first-order valence-electron chi connectivity index (χ1n) is 9.60. The second kappa shape index (κ2) is 13.4. The van der Waals surface area contributed by atoms with E-state index in [-0.39, 0.29) is 34.7 Å². The van der Waals surface area contributed by atoms with Crippen LogP contribution in [0.15, 0.2) is 60.7 Å². The molecule has 0 spiro atoms. The van der Waals surface area contributed by atoms with Crippen LogP contribution in [0.1, 0.15) is 18.1 Å². The molecule has 2 rings (SSSR count). The summed E-state index contributed by atoms with van der Waals surface area (Å²) in [5.74, 6) is -0.958. The Balaban J connectivity index is 1.88. The van der Waals surface area contributed by atoms with E-state index in [0.29, 0.717) is 5.32 Å². The van der Waals surface area contributed by atoms with Crippen molar-refractivity contribution in [1.29, 1.82) is 0 Å². The summed E-state index contributed by atoms with van der Waals surface area (Å²) in [5.41, 5.74) is 2.03. The molecule has 30 heavy (non-hydrogen) atoms. The first-order valence-corrected chi connectivity index (χ1v) is 12.0. The maximum absolute atomic E-state index is 12.5. The summed E-state index contributed by atoms with van der Waals surface area (Å²) in [5, 5.41) is 6.44. The fourth-order valence-corrected chi connectivity index (χ4v) is 4.59. The number of benzene rings is 2. The number of esters is 1. The van der Waals surface area contributed by atoms with Crippen LogP contribution >= 0.6 is 0 Å². The predicted molar refractivity (Wildman–Crippen MR) is 114 cm³/mol. The van der Waals surface area contributed by atoms with E-state index in [1.54, 1.807) is 6.92 Å². The van der Waals surface area contributed by atoms with Gasteiger partial charge >= 0.3 is 183 Å². The number of hydrogen-bond acceptors (Lipinski definition) is 5. The molecule has 0 aliphatic heterocycles. The Bertz CT molecular complexity index is 802. The third kappa shape index (κ3) is 9.11. The minimum absolute atomic E-state index is 0.0694. The van der Waals surface area contributed by atoms with Gasteiger partial charge in [0.1, 0.15) is 0 Å². The molecular weight excluding hydrogens is 451 g/mol. The summed E-state index contributed by atoms with van der Waals surface area (Å²) < 4.78 is 10.0. The van der Waals surface area contributed by atoms with E-state index < -0.39 is 24.0 Å². The van der Waals surface area contributed by atoms with Crippen LogP contribution in [0.4, 0.5) is 4.79 Å². The van der Waals surface area contributed by atoms with Crippen molar-refractivity contribution in [3.8, 4) is 0 Å². The Morgan fingerprint density at radius 2 is 1.57 bits per heavy atom. The summed E-state index contributed by atoms with van der Waals surface area (Å²) in [6.45, 7) is 1.80. The Morgan fingerprint density at radius 3 is 2.20 bits per heavy atom. The van der Waals surface area contributed by atoms with Gasteiger partial charge in [-0.05, 0) is 0 Å². The van der Waals surface area contributed by atoms with Crippen LogP contribution in [-0.4, -0.2) is 52.1 Å². The second-order valence-corrected chi connectivity index (χ2v) is 8.44. The van der Waals surface area contributed by atoms with E-state index in [2.05, 4.69) is 10.6 Å². The molecule has 0 heterocycles.